The Bertz CT molecular complexity index is 1310. The molecule has 0 fully saturated rings. The number of benzene rings is 2. The molecule has 33 heavy (non-hydrogen) atoms. The largest absolute Gasteiger partial charge is 0.489 e. The van der Waals surface area contributed by atoms with Crippen LogP contribution in [0.1, 0.15) is 34.2 Å². The van der Waals surface area contributed by atoms with Crippen LogP contribution in [0, 0.1) is 6.92 Å². The Labute approximate surface area is 193 Å². The van der Waals surface area contributed by atoms with Crippen LogP contribution in [0.25, 0.3) is 5.82 Å². The van der Waals surface area contributed by atoms with E-state index in [4.69, 9.17) is 22.1 Å². The zero-order valence-corrected chi connectivity index (χ0v) is 18.4. The van der Waals surface area contributed by atoms with Crippen molar-refractivity contribution in [1.29, 1.82) is 0 Å². The molecule has 0 atom stereocenters. The third kappa shape index (κ3) is 4.83. The lowest BCUT2D eigenvalue weighted by Crippen LogP contribution is -2.24. The van der Waals surface area contributed by atoms with Gasteiger partial charge in [0.1, 0.15) is 12.4 Å². The number of hydrogen-bond acceptors (Lipinski definition) is 9. The van der Waals surface area contributed by atoms with Gasteiger partial charge in [-0.1, -0.05) is 35.0 Å². The number of aromatic nitrogens is 5. The standard InChI is InChI=1S/C21H19ClN8O3/c1-12(14-7-9-16(10-8-14)32-11-15-5-3-4-6-17(15)22)24-26-21(31)18-13(2)25-29-30(18)20-19(23)27-33-28-20/h3-10H,11H2,1-2H3,(H2,23,27)(H,26,31). The lowest BCUT2D eigenvalue weighted by Gasteiger charge is -2.09. The fraction of sp³-hybridized carbons (Fsp3) is 0.143. The average Bonchev–Trinajstić information content (AvgIpc) is 3.42. The summed E-state index contributed by atoms with van der Waals surface area (Å²) in [6.07, 6.45) is 0. The van der Waals surface area contributed by atoms with Crippen LogP contribution in [0.2, 0.25) is 5.02 Å². The second-order valence-electron chi connectivity index (χ2n) is 6.95. The number of ether oxygens (including phenoxy) is 1. The minimum atomic E-state index is -0.543. The number of halogens is 1. The Kier molecular flexibility index (Phi) is 6.31. The predicted molar refractivity (Wildman–Crippen MR) is 120 cm³/mol. The summed E-state index contributed by atoms with van der Waals surface area (Å²) in [4.78, 5) is 12.7. The van der Waals surface area contributed by atoms with Gasteiger partial charge in [-0.2, -0.15) is 9.78 Å². The van der Waals surface area contributed by atoms with Crippen molar-refractivity contribution in [3.05, 3.63) is 76.1 Å². The molecular weight excluding hydrogens is 448 g/mol. The van der Waals surface area contributed by atoms with Crippen LogP contribution in [-0.4, -0.2) is 36.9 Å². The van der Waals surface area contributed by atoms with Crippen LogP contribution < -0.4 is 15.9 Å². The van der Waals surface area contributed by atoms with E-state index in [0.717, 1.165) is 15.8 Å². The van der Waals surface area contributed by atoms with Crippen LogP contribution >= 0.6 is 11.6 Å². The zero-order chi connectivity index (χ0) is 23.4. The van der Waals surface area contributed by atoms with Gasteiger partial charge in [-0.05, 0) is 60.1 Å². The van der Waals surface area contributed by atoms with Gasteiger partial charge in [-0.3, -0.25) is 4.79 Å². The number of carbonyl (C=O) groups excluding carboxylic acids is 1. The van der Waals surface area contributed by atoms with E-state index in [1.165, 1.54) is 0 Å². The van der Waals surface area contributed by atoms with Crippen LogP contribution in [0.15, 0.2) is 58.3 Å². The molecule has 3 N–H and O–H groups in total. The van der Waals surface area contributed by atoms with Gasteiger partial charge in [-0.25, -0.2) is 10.1 Å². The van der Waals surface area contributed by atoms with Crippen molar-refractivity contribution < 1.29 is 14.2 Å². The monoisotopic (exact) mass is 466 g/mol. The summed E-state index contributed by atoms with van der Waals surface area (Å²) in [5, 5.41) is 19.7. The van der Waals surface area contributed by atoms with Crippen molar-refractivity contribution in [2.24, 2.45) is 5.10 Å². The number of amides is 1. The highest BCUT2D eigenvalue weighted by Gasteiger charge is 2.22. The van der Waals surface area contributed by atoms with Crippen molar-refractivity contribution >= 4 is 29.0 Å². The van der Waals surface area contributed by atoms with Crippen molar-refractivity contribution in [3.63, 3.8) is 0 Å². The number of rotatable bonds is 7. The van der Waals surface area contributed by atoms with Gasteiger partial charge in [0, 0.05) is 10.6 Å². The van der Waals surface area contributed by atoms with Crippen molar-refractivity contribution in [2.45, 2.75) is 20.5 Å². The number of anilines is 1. The third-order valence-corrected chi connectivity index (χ3v) is 5.07. The first-order chi connectivity index (χ1) is 15.9. The van der Waals surface area contributed by atoms with Crippen LogP contribution in [0.3, 0.4) is 0 Å². The van der Waals surface area contributed by atoms with E-state index in [2.05, 4.69) is 35.8 Å². The molecule has 0 unspecified atom stereocenters. The van der Waals surface area contributed by atoms with E-state index in [1.807, 2.05) is 48.5 Å². The molecule has 1 amide bonds. The Morgan fingerprint density at radius 1 is 1.21 bits per heavy atom. The molecule has 4 aromatic rings. The summed E-state index contributed by atoms with van der Waals surface area (Å²) < 4.78 is 11.5. The first kappa shape index (κ1) is 22.0. The van der Waals surface area contributed by atoms with Gasteiger partial charge in [-0.15, -0.1) is 5.10 Å². The van der Waals surface area contributed by atoms with Gasteiger partial charge < -0.3 is 10.5 Å². The summed E-state index contributed by atoms with van der Waals surface area (Å²) in [6.45, 7) is 3.75. The molecule has 0 saturated carbocycles. The summed E-state index contributed by atoms with van der Waals surface area (Å²) >= 11 is 6.15. The van der Waals surface area contributed by atoms with Crippen LogP contribution in [-0.2, 0) is 6.61 Å². The van der Waals surface area contributed by atoms with E-state index in [0.29, 0.717) is 28.8 Å². The lowest BCUT2D eigenvalue weighted by molar-refractivity contribution is 0.0946. The highest BCUT2D eigenvalue weighted by Crippen LogP contribution is 2.19. The maximum Gasteiger partial charge on any atom is 0.292 e. The number of nitrogens with one attached hydrogen (secondary N) is 1. The van der Waals surface area contributed by atoms with Crippen molar-refractivity contribution in [1.82, 2.24) is 30.7 Å². The van der Waals surface area contributed by atoms with Gasteiger partial charge in [0.05, 0.1) is 11.4 Å². The zero-order valence-electron chi connectivity index (χ0n) is 17.7. The van der Waals surface area contributed by atoms with Gasteiger partial charge in [0.15, 0.2) is 5.69 Å². The average molecular weight is 467 g/mol. The van der Waals surface area contributed by atoms with Crippen LogP contribution in [0.5, 0.6) is 5.75 Å². The highest BCUT2D eigenvalue weighted by atomic mass is 35.5. The fourth-order valence-electron chi connectivity index (χ4n) is 2.92. The first-order valence-electron chi connectivity index (χ1n) is 9.76. The van der Waals surface area contributed by atoms with E-state index in [-0.39, 0.29) is 17.3 Å². The molecule has 0 radical (unpaired) electrons. The fourth-order valence-corrected chi connectivity index (χ4v) is 3.12. The molecule has 0 spiro atoms. The van der Waals surface area contributed by atoms with E-state index >= 15 is 0 Å². The third-order valence-electron chi connectivity index (χ3n) is 4.70. The molecule has 11 nitrogen and oxygen atoms in total. The summed E-state index contributed by atoms with van der Waals surface area (Å²) in [7, 11) is 0. The van der Waals surface area contributed by atoms with Crippen molar-refractivity contribution in [3.8, 4) is 11.6 Å². The summed E-state index contributed by atoms with van der Waals surface area (Å²) in [5.74, 6) is 0.179. The minimum Gasteiger partial charge on any atom is -0.489 e. The second kappa shape index (κ2) is 9.49. The SMILES string of the molecule is CC(=NNC(=O)c1c(C)nnn1-c1nonc1N)c1ccc(OCc2ccccc2Cl)cc1. The Morgan fingerprint density at radius 3 is 2.67 bits per heavy atom. The van der Waals surface area contributed by atoms with Crippen LogP contribution in [0.4, 0.5) is 5.82 Å². The van der Waals surface area contributed by atoms with Gasteiger partial charge >= 0.3 is 0 Å². The number of carbonyl (C=O) groups is 1. The highest BCUT2D eigenvalue weighted by molar-refractivity contribution is 6.31. The first-order valence-corrected chi connectivity index (χ1v) is 10.1. The normalized spacial score (nSPS) is 11.4. The smallest absolute Gasteiger partial charge is 0.292 e. The molecule has 168 valence electrons. The maximum atomic E-state index is 12.7. The van der Waals surface area contributed by atoms with Gasteiger partial charge in [0.25, 0.3) is 5.91 Å². The summed E-state index contributed by atoms with van der Waals surface area (Å²) in [6, 6.07) is 14.8. The topological polar surface area (TPSA) is 146 Å². The molecule has 0 aliphatic rings. The molecule has 2 aromatic carbocycles. The van der Waals surface area contributed by atoms with E-state index < -0.39 is 5.91 Å². The quantitative estimate of drug-likeness (QED) is 0.312. The number of hydrazone groups is 1. The number of nitrogens with two attached hydrogens (primary N) is 1. The molecule has 2 heterocycles. The lowest BCUT2D eigenvalue weighted by atomic mass is 10.1. The number of nitrogen functional groups attached to an aromatic ring is 1. The summed E-state index contributed by atoms with van der Waals surface area (Å²) in [5.41, 5.74) is 10.9. The number of nitrogens with zero attached hydrogens (tertiary/aromatic N) is 6. The number of aryl methyl sites for hydroxylation is 1. The molecule has 12 heteroatoms. The Hall–Kier alpha value is -4.25. The Balaban J connectivity index is 1.42. The second-order valence-corrected chi connectivity index (χ2v) is 7.36. The Morgan fingerprint density at radius 2 is 1.97 bits per heavy atom. The van der Waals surface area contributed by atoms with Gasteiger partial charge in [0.2, 0.25) is 11.6 Å². The minimum absolute atomic E-state index is 0.0227. The van der Waals surface area contributed by atoms with E-state index in [9.17, 15) is 4.79 Å². The molecular formula is C21H19ClN8O3. The maximum absolute atomic E-state index is 12.7. The molecule has 4 rings (SSSR count). The van der Waals surface area contributed by atoms with Crippen molar-refractivity contribution in [2.75, 3.05) is 5.73 Å². The van der Waals surface area contributed by atoms with E-state index in [1.54, 1.807) is 13.8 Å². The molecule has 0 aliphatic carbocycles. The molecule has 2 aromatic heterocycles. The molecule has 0 aliphatic heterocycles. The molecule has 0 bridgehead atoms. The number of hydrogen-bond donors (Lipinski definition) is 2. The molecule has 0 saturated heterocycles. The predicted octanol–water partition coefficient (Wildman–Crippen LogP) is 2.93.